The molecule has 5 rings (SSSR count). The van der Waals surface area contributed by atoms with E-state index in [2.05, 4.69) is 33.5 Å². The van der Waals surface area contributed by atoms with E-state index in [1.807, 2.05) is 11.0 Å². The Morgan fingerprint density at radius 3 is 2.60 bits per heavy atom. The second-order valence-electron chi connectivity index (χ2n) is 7.94. The lowest BCUT2D eigenvalue weighted by atomic mass is 9.79. The highest BCUT2D eigenvalue weighted by Crippen LogP contribution is 2.39. The van der Waals surface area contributed by atoms with E-state index in [1.165, 1.54) is 22.2 Å². The summed E-state index contributed by atoms with van der Waals surface area (Å²) in [5.41, 5.74) is 3.03. The van der Waals surface area contributed by atoms with Gasteiger partial charge in [0.2, 0.25) is 0 Å². The normalized spacial score (nSPS) is 18.3. The molecule has 2 aromatic heterocycles. The number of aromatic amines is 1. The van der Waals surface area contributed by atoms with Crippen molar-refractivity contribution in [3.8, 4) is 0 Å². The molecule has 1 spiro atoms. The molecule has 0 bridgehead atoms. The third kappa shape index (κ3) is 3.43. The second kappa shape index (κ2) is 7.62. The van der Waals surface area contributed by atoms with Gasteiger partial charge in [-0.25, -0.2) is 4.98 Å². The van der Waals surface area contributed by atoms with Crippen LogP contribution in [0.1, 0.15) is 29.7 Å². The maximum atomic E-state index is 12.9. The van der Waals surface area contributed by atoms with Crippen LogP contribution < -0.4 is 22.6 Å². The predicted octanol–water partition coefficient (Wildman–Crippen LogP) is 0.854. The fourth-order valence-corrected chi connectivity index (χ4v) is 5.16. The number of quaternary nitrogens is 1. The van der Waals surface area contributed by atoms with Crippen LogP contribution in [-0.4, -0.2) is 29.6 Å². The number of para-hydroxylation sites is 1. The summed E-state index contributed by atoms with van der Waals surface area (Å²) < 4.78 is 38.7. The van der Waals surface area contributed by atoms with Crippen LogP contribution in [0.2, 0.25) is 5.02 Å². The molecule has 2 aliphatic rings. The summed E-state index contributed by atoms with van der Waals surface area (Å²) in [6.45, 7) is 2.43. The van der Waals surface area contributed by atoms with Crippen molar-refractivity contribution in [1.82, 2.24) is 9.97 Å². The Balaban J connectivity index is 0.00000218. The lowest BCUT2D eigenvalue weighted by Gasteiger charge is -2.42. The highest BCUT2D eigenvalue weighted by atomic mass is 35.5. The first-order chi connectivity index (χ1) is 13.9. The van der Waals surface area contributed by atoms with Crippen molar-refractivity contribution < 1.29 is 30.9 Å². The number of nitrogens with two attached hydrogens (primary N) is 1. The Morgan fingerprint density at radius 1 is 1.17 bits per heavy atom. The molecular weight excluding hydrogens is 436 g/mol. The zero-order valence-electron chi connectivity index (χ0n) is 16.1. The monoisotopic (exact) mass is 456 g/mol. The minimum Gasteiger partial charge on any atom is -1.00 e. The third-order valence-electron chi connectivity index (χ3n) is 6.35. The first-order valence-electron chi connectivity index (χ1n) is 9.79. The number of alkyl halides is 3. The molecule has 0 aliphatic carbocycles. The lowest BCUT2D eigenvalue weighted by molar-refractivity contribution is -0.742. The molecule has 3 N–H and O–H groups in total. The van der Waals surface area contributed by atoms with E-state index in [-0.39, 0.29) is 23.0 Å². The van der Waals surface area contributed by atoms with Crippen LogP contribution in [0.4, 0.5) is 19.0 Å². The van der Waals surface area contributed by atoms with Crippen LogP contribution in [0.15, 0.2) is 36.5 Å². The summed E-state index contributed by atoms with van der Waals surface area (Å²) in [5, 5.41) is 3.77. The van der Waals surface area contributed by atoms with Gasteiger partial charge in [0.05, 0.1) is 22.8 Å². The molecule has 2 aliphatic heterocycles. The summed E-state index contributed by atoms with van der Waals surface area (Å²) in [5.74, 6) is 0.433. The molecule has 9 heteroatoms. The van der Waals surface area contributed by atoms with Crippen molar-refractivity contribution in [1.29, 1.82) is 0 Å². The standard InChI is InChI=1S/C21H20ClF3N4.ClH/c22-16-11-13(21(23,24)25)12-26-19(16)29-9-6-20(7-10-29)18-15(5-8-27-20)14-3-1-2-4-17(14)28-18;/h1-4,11-12,27-28H,5-10H2;1H. The number of nitrogens with zero attached hydrogens (tertiary/aromatic N) is 2. The Hall–Kier alpha value is -1.96. The highest BCUT2D eigenvalue weighted by Gasteiger charge is 2.45. The van der Waals surface area contributed by atoms with E-state index in [4.69, 9.17) is 11.6 Å². The number of pyridine rings is 1. The second-order valence-corrected chi connectivity index (χ2v) is 8.34. The molecule has 3 aromatic rings. The van der Waals surface area contributed by atoms with Gasteiger partial charge < -0.3 is 27.6 Å². The number of hydrogen-bond donors (Lipinski definition) is 2. The maximum Gasteiger partial charge on any atom is 0.417 e. The van der Waals surface area contributed by atoms with Crippen molar-refractivity contribution >= 4 is 28.3 Å². The smallest absolute Gasteiger partial charge is 0.417 e. The molecular formula is C21H21Cl2F3N4. The zero-order chi connectivity index (χ0) is 20.2. The van der Waals surface area contributed by atoms with Crippen LogP contribution in [0.25, 0.3) is 10.9 Å². The summed E-state index contributed by atoms with van der Waals surface area (Å²) in [6.07, 6.45) is -0.771. The van der Waals surface area contributed by atoms with Gasteiger partial charge in [0.1, 0.15) is 11.4 Å². The Kier molecular flexibility index (Phi) is 5.41. The Bertz CT molecular complexity index is 1070. The molecule has 0 saturated carbocycles. The molecule has 4 heterocycles. The summed E-state index contributed by atoms with van der Waals surface area (Å²) in [7, 11) is 0. The predicted molar refractivity (Wildman–Crippen MR) is 106 cm³/mol. The third-order valence-corrected chi connectivity index (χ3v) is 6.62. The topological polar surface area (TPSA) is 48.5 Å². The number of aromatic nitrogens is 2. The average molecular weight is 457 g/mol. The quantitative estimate of drug-likeness (QED) is 0.570. The first-order valence-corrected chi connectivity index (χ1v) is 10.2. The van der Waals surface area contributed by atoms with Crippen molar-refractivity contribution in [2.24, 2.45) is 0 Å². The van der Waals surface area contributed by atoms with Gasteiger partial charge in [0, 0.05) is 49.5 Å². The van der Waals surface area contributed by atoms with Gasteiger partial charge in [-0.2, -0.15) is 13.2 Å². The van der Waals surface area contributed by atoms with E-state index in [0.717, 1.165) is 38.1 Å². The van der Waals surface area contributed by atoms with Crippen LogP contribution in [0.5, 0.6) is 0 Å². The van der Waals surface area contributed by atoms with Gasteiger partial charge in [-0.15, -0.1) is 0 Å². The molecule has 160 valence electrons. The summed E-state index contributed by atoms with van der Waals surface area (Å²) in [4.78, 5) is 9.69. The molecule has 30 heavy (non-hydrogen) atoms. The Morgan fingerprint density at radius 2 is 1.90 bits per heavy atom. The zero-order valence-corrected chi connectivity index (χ0v) is 17.6. The minimum atomic E-state index is -4.44. The molecule has 4 nitrogen and oxygen atoms in total. The first kappa shape index (κ1) is 21.3. The molecule has 0 unspecified atom stereocenters. The summed E-state index contributed by atoms with van der Waals surface area (Å²) >= 11 is 6.16. The minimum absolute atomic E-state index is 0. The number of hydrogen-bond acceptors (Lipinski definition) is 2. The SMILES string of the molecule is FC(F)(F)c1cnc(N2CCC3(CC2)[NH2+]CCc2c3[nH]c3ccccc23)c(Cl)c1.[Cl-]. The Labute approximate surface area is 183 Å². The van der Waals surface area contributed by atoms with Gasteiger partial charge in [-0.1, -0.05) is 29.8 Å². The van der Waals surface area contributed by atoms with Gasteiger partial charge in [0.25, 0.3) is 0 Å². The van der Waals surface area contributed by atoms with Gasteiger partial charge in [-0.05, 0) is 17.7 Å². The van der Waals surface area contributed by atoms with Crippen molar-refractivity contribution in [2.75, 3.05) is 24.5 Å². The lowest BCUT2D eigenvalue weighted by Crippen LogP contribution is -3.00. The fraction of sp³-hybridized carbons (Fsp3) is 0.381. The maximum absolute atomic E-state index is 12.9. The van der Waals surface area contributed by atoms with E-state index in [1.54, 1.807) is 0 Å². The van der Waals surface area contributed by atoms with E-state index < -0.39 is 11.7 Å². The van der Waals surface area contributed by atoms with Crippen LogP contribution in [-0.2, 0) is 18.1 Å². The largest absolute Gasteiger partial charge is 1.00 e. The molecule has 1 saturated heterocycles. The van der Waals surface area contributed by atoms with Crippen molar-refractivity contribution in [2.45, 2.75) is 31.0 Å². The van der Waals surface area contributed by atoms with Gasteiger partial charge >= 0.3 is 6.18 Å². The molecule has 0 amide bonds. The number of rotatable bonds is 1. The number of halogens is 5. The van der Waals surface area contributed by atoms with Crippen molar-refractivity contribution in [3.05, 3.63) is 58.4 Å². The van der Waals surface area contributed by atoms with Crippen LogP contribution in [0, 0.1) is 0 Å². The number of piperidine rings is 1. The molecule has 1 aromatic carbocycles. The van der Waals surface area contributed by atoms with E-state index >= 15 is 0 Å². The number of fused-ring (bicyclic) bond motifs is 4. The molecule has 0 atom stereocenters. The van der Waals surface area contributed by atoms with Crippen molar-refractivity contribution in [3.63, 3.8) is 0 Å². The highest BCUT2D eigenvalue weighted by molar-refractivity contribution is 6.33. The number of anilines is 1. The summed E-state index contributed by atoms with van der Waals surface area (Å²) in [6, 6.07) is 9.37. The van der Waals surface area contributed by atoms with E-state index in [9.17, 15) is 13.2 Å². The van der Waals surface area contributed by atoms with Gasteiger partial charge in [-0.3, -0.25) is 0 Å². The van der Waals surface area contributed by atoms with Crippen LogP contribution >= 0.6 is 11.6 Å². The van der Waals surface area contributed by atoms with E-state index in [0.29, 0.717) is 18.9 Å². The molecule has 0 radical (unpaired) electrons. The fourth-order valence-electron chi connectivity index (χ4n) is 4.87. The number of nitrogens with one attached hydrogen (secondary N) is 1. The number of H-pyrrole nitrogens is 1. The van der Waals surface area contributed by atoms with Crippen LogP contribution in [0.3, 0.4) is 0 Å². The number of benzene rings is 1. The molecule has 1 fully saturated rings. The average Bonchev–Trinajstić information content (AvgIpc) is 3.09. The van der Waals surface area contributed by atoms with Gasteiger partial charge in [0.15, 0.2) is 0 Å².